The van der Waals surface area contributed by atoms with E-state index in [1.54, 1.807) is 12.5 Å². The van der Waals surface area contributed by atoms with Gasteiger partial charge in [0.15, 0.2) is 0 Å². The zero-order valence-corrected chi connectivity index (χ0v) is 14.1. The van der Waals surface area contributed by atoms with Crippen molar-refractivity contribution in [3.05, 3.63) is 48.0 Å². The van der Waals surface area contributed by atoms with Crippen LogP contribution in [0.15, 0.2) is 36.8 Å². The lowest BCUT2D eigenvalue weighted by Gasteiger charge is -2.25. The molecule has 3 heterocycles. The van der Waals surface area contributed by atoms with E-state index < -0.39 is 0 Å². The Balaban J connectivity index is 1.55. The number of hydrogen-bond acceptors (Lipinski definition) is 5. The molecule has 128 valence electrons. The van der Waals surface area contributed by atoms with Gasteiger partial charge in [-0.15, -0.1) is 0 Å². The number of carbonyl (C=O) groups is 1. The van der Waals surface area contributed by atoms with Gasteiger partial charge in [-0.3, -0.25) is 9.89 Å². The molecule has 1 aliphatic heterocycles. The van der Waals surface area contributed by atoms with Crippen LogP contribution in [0.2, 0.25) is 0 Å². The van der Waals surface area contributed by atoms with E-state index in [0.29, 0.717) is 6.54 Å². The molecule has 7 heteroatoms. The topological polar surface area (TPSA) is 86.8 Å². The molecule has 1 unspecified atom stereocenters. The van der Waals surface area contributed by atoms with Gasteiger partial charge < -0.3 is 10.2 Å². The van der Waals surface area contributed by atoms with Crippen LogP contribution in [-0.4, -0.2) is 38.7 Å². The molecule has 1 aliphatic rings. The zero-order valence-electron chi connectivity index (χ0n) is 14.1. The second-order valence-electron chi connectivity index (χ2n) is 6.30. The predicted octanol–water partition coefficient (Wildman–Crippen LogP) is 1.95. The summed E-state index contributed by atoms with van der Waals surface area (Å²) in [5.74, 6) is 0.864. The Hall–Kier alpha value is -2.96. The van der Waals surface area contributed by atoms with Crippen LogP contribution in [0, 0.1) is 6.92 Å². The molecule has 0 saturated carbocycles. The quantitative estimate of drug-likeness (QED) is 0.760. The van der Waals surface area contributed by atoms with E-state index >= 15 is 0 Å². The molecule has 0 aliphatic carbocycles. The van der Waals surface area contributed by atoms with Crippen molar-refractivity contribution in [1.29, 1.82) is 0 Å². The first kappa shape index (κ1) is 15.6. The molecule has 1 saturated heterocycles. The maximum Gasteiger partial charge on any atom is 0.243 e. The van der Waals surface area contributed by atoms with E-state index in [-0.39, 0.29) is 11.9 Å². The third-order valence-corrected chi connectivity index (χ3v) is 4.74. The molecule has 2 aromatic heterocycles. The van der Waals surface area contributed by atoms with Crippen molar-refractivity contribution in [2.45, 2.75) is 32.4 Å². The Bertz CT molecular complexity index is 900. The van der Waals surface area contributed by atoms with E-state index in [2.05, 4.69) is 30.4 Å². The number of carbonyl (C=O) groups excluding carboxylic acids is 1. The van der Waals surface area contributed by atoms with Gasteiger partial charge in [-0.05, 0) is 31.9 Å². The van der Waals surface area contributed by atoms with Crippen LogP contribution in [0.3, 0.4) is 0 Å². The third-order valence-electron chi connectivity index (χ3n) is 4.74. The molecule has 1 amide bonds. The summed E-state index contributed by atoms with van der Waals surface area (Å²) >= 11 is 0. The SMILES string of the molecule is Cc1[nH]ncc1CNC(=O)C1CCCN1c1ncnc2ccccc12. The number of H-pyrrole nitrogens is 1. The highest BCUT2D eigenvalue weighted by molar-refractivity contribution is 5.93. The van der Waals surface area contributed by atoms with E-state index in [4.69, 9.17) is 0 Å². The number of rotatable bonds is 4. The molecule has 1 atom stereocenters. The van der Waals surface area contributed by atoms with E-state index in [9.17, 15) is 4.79 Å². The van der Waals surface area contributed by atoms with Gasteiger partial charge in [-0.1, -0.05) is 12.1 Å². The van der Waals surface area contributed by atoms with Crippen molar-refractivity contribution in [1.82, 2.24) is 25.5 Å². The Morgan fingerprint density at radius 3 is 3.08 bits per heavy atom. The smallest absolute Gasteiger partial charge is 0.243 e. The van der Waals surface area contributed by atoms with Gasteiger partial charge >= 0.3 is 0 Å². The first-order valence-electron chi connectivity index (χ1n) is 8.47. The molecule has 7 nitrogen and oxygen atoms in total. The molecule has 0 spiro atoms. The van der Waals surface area contributed by atoms with Gasteiger partial charge in [0.05, 0.1) is 11.7 Å². The summed E-state index contributed by atoms with van der Waals surface area (Å²) in [5, 5.41) is 10.9. The number of benzene rings is 1. The molecule has 1 fully saturated rings. The monoisotopic (exact) mass is 336 g/mol. The Morgan fingerprint density at radius 2 is 2.24 bits per heavy atom. The number of aromatic amines is 1. The lowest BCUT2D eigenvalue weighted by atomic mass is 10.1. The maximum absolute atomic E-state index is 12.7. The third kappa shape index (κ3) is 2.93. The average Bonchev–Trinajstić information content (AvgIpc) is 3.28. The Kier molecular flexibility index (Phi) is 4.05. The Morgan fingerprint density at radius 1 is 1.36 bits per heavy atom. The second-order valence-corrected chi connectivity index (χ2v) is 6.30. The number of aryl methyl sites for hydroxylation is 1. The van der Waals surface area contributed by atoms with Crippen LogP contribution in [-0.2, 0) is 11.3 Å². The lowest BCUT2D eigenvalue weighted by molar-refractivity contribution is -0.122. The van der Waals surface area contributed by atoms with Crippen molar-refractivity contribution in [2.75, 3.05) is 11.4 Å². The van der Waals surface area contributed by atoms with Crippen molar-refractivity contribution in [3.63, 3.8) is 0 Å². The molecule has 1 aromatic carbocycles. The number of fused-ring (bicyclic) bond motifs is 1. The molecule has 3 aromatic rings. The standard InChI is InChI=1S/C18H20N6O/c1-12-13(10-22-23-12)9-19-18(25)16-7-4-8-24(16)17-14-5-2-3-6-15(14)20-11-21-17/h2-3,5-6,10-11,16H,4,7-9H2,1H3,(H,19,25)(H,22,23). The van der Waals surface area contributed by atoms with Gasteiger partial charge in [0, 0.05) is 29.7 Å². The van der Waals surface area contributed by atoms with Gasteiger partial charge in [-0.25, -0.2) is 9.97 Å². The second kappa shape index (κ2) is 6.51. The van der Waals surface area contributed by atoms with E-state index in [0.717, 1.165) is 47.4 Å². The zero-order chi connectivity index (χ0) is 17.2. The molecular formula is C18H20N6O. The largest absolute Gasteiger partial charge is 0.350 e. The normalized spacial score (nSPS) is 17.2. The molecule has 0 radical (unpaired) electrons. The number of nitrogens with one attached hydrogen (secondary N) is 2. The van der Waals surface area contributed by atoms with Crippen molar-refractivity contribution >= 4 is 22.6 Å². The van der Waals surface area contributed by atoms with Gasteiger partial charge in [0.1, 0.15) is 18.2 Å². The summed E-state index contributed by atoms with van der Waals surface area (Å²) in [7, 11) is 0. The van der Waals surface area contributed by atoms with Crippen molar-refractivity contribution in [3.8, 4) is 0 Å². The number of anilines is 1. The fourth-order valence-corrected chi connectivity index (χ4v) is 3.37. The number of aromatic nitrogens is 4. The molecule has 25 heavy (non-hydrogen) atoms. The van der Waals surface area contributed by atoms with Crippen LogP contribution in [0.4, 0.5) is 5.82 Å². The summed E-state index contributed by atoms with van der Waals surface area (Å²) in [5.41, 5.74) is 2.88. The highest BCUT2D eigenvalue weighted by Gasteiger charge is 2.32. The fourth-order valence-electron chi connectivity index (χ4n) is 3.37. The summed E-state index contributed by atoms with van der Waals surface area (Å²) in [4.78, 5) is 23.6. The number of para-hydroxylation sites is 1. The van der Waals surface area contributed by atoms with Crippen LogP contribution in [0.1, 0.15) is 24.1 Å². The summed E-state index contributed by atoms with van der Waals surface area (Å²) < 4.78 is 0. The van der Waals surface area contributed by atoms with Crippen LogP contribution in [0.5, 0.6) is 0 Å². The molecule has 4 rings (SSSR count). The van der Waals surface area contributed by atoms with E-state index in [1.807, 2.05) is 31.2 Å². The minimum Gasteiger partial charge on any atom is -0.350 e. The first-order chi connectivity index (χ1) is 12.2. The van der Waals surface area contributed by atoms with Crippen LogP contribution < -0.4 is 10.2 Å². The van der Waals surface area contributed by atoms with Crippen molar-refractivity contribution in [2.24, 2.45) is 0 Å². The molecular weight excluding hydrogens is 316 g/mol. The minimum absolute atomic E-state index is 0.0285. The summed E-state index contributed by atoms with van der Waals surface area (Å²) in [6, 6.07) is 7.70. The van der Waals surface area contributed by atoms with Crippen LogP contribution in [0.25, 0.3) is 10.9 Å². The molecule has 0 bridgehead atoms. The summed E-state index contributed by atoms with van der Waals surface area (Å²) in [6.07, 6.45) is 5.12. The average molecular weight is 336 g/mol. The van der Waals surface area contributed by atoms with Crippen molar-refractivity contribution < 1.29 is 4.79 Å². The summed E-state index contributed by atoms with van der Waals surface area (Å²) in [6.45, 7) is 3.25. The number of nitrogens with zero attached hydrogens (tertiary/aromatic N) is 4. The predicted molar refractivity (Wildman–Crippen MR) is 95.1 cm³/mol. The maximum atomic E-state index is 12.7. The number of amides is 1. The van der Waals surface area contributed by atoms with Gasteiger partial charge in [0.2, 0.25) is 5.91 Å². The van der Waals surface area contributed by atoms with Gasteiger partial charge in [-0.2, -0.15) is 5.10 Å². The van der Waals surface area contributed by atoms with Gasteiger partial charge in [0.25, 0.3) is 0 Å². The molecule has 2 N–H and O–H groups in total. The minimum atomic E-state index is -0.203. The number of hydrogen-bond donors (Lipinski definition) is 2. The first-order valence-corrected chi connectivity index (χ1v) is 8.47. The fraction of sp³-hybridized carbons (Fsp3) is 0.333. The lowest BCUT2D eigenvalue weighted by Crippen LogP contribution is -2.43. The Labute approximate surface area is 145 Å². The van der Waals surface area contributed by atoms with Crippen LogP contribution >= 0.6 is 0 Å². The highest BCUT2D eigenvalue weighted by atomic mass is 16.2. The van der Waals surface area contributed by atoms with E-state index in [1.165, 1.54) is 0 Å². The highest BCUT2D eigenvalue weighted by Crippen LogP contribution is 2.29.